The van der Waals surface area contributed by atoms with E-state index in [1.54, 1.807) is 7.11 Å². The van der Waals surface area contributed by atoms with Gasteiger partial charge < -0.3 is 20.7 Å². The molecule has 1 aromatic carbocycles. The van der Waals surface area contributed by atoms with E-state index in [9.17, 15) is 4.79 Å². The van der Waals surface area contributed by atoms with E-state index in [4.69, 9.17) is 4.74 Å². The Labute approximate surface area is 133 Å². The number of para-hydroxylation sites is 1. The number of rotatable bonds is 7. The summed E-state index contributed by atoms with van der Waals surface area (Å²) in [7, 11) is 1.68. The number of anilines is 1. The number of amides is 2. The molecule has 0 saturated heterocycles. The van der Waals surface area contributed by atoms with Crippen molar-refractivity contribution in [3.8, 4) is 0 Å². The molecule has 2 amide bonds. The van der Waals surface area contributed by atoms with Gasteiger partial charge in [-0.2, -0.15) is 0 Å². The number of hydrogen-bond acceptors (Lipinski definition) is 3. The molecule has 3 N–H and O–H groups in total. The zero-order valence-electron chi connectivity index (χ0n) is 14.3. The van der Waals surface area contributed by atoms with Crippen LogP contribution >= 0.6 is 0 Å². The third-order valence-corrected chi connectivity index (χ3v) is 3.73. The number of nitrogens with one attached hydrogen (secondary N) is 3. The molecule has 1 atom stereocenters. The molecule has 0 aliphatic carbocycles. The van der Waals surface area contributed by atoms with E-state index < -0.39 is 0 Å². The maximum atomic E-state index is 12.0. The highest BCUT2D eigenvalue weighted by atomic mass is 16.5. The second-order valence-corrected chi connectivity index (χ2v) is 6.49. The van der Waals surface area contributed by atoms with Crippen LogP contribution in [0.2, 0.25) is 0 Å². The van der Waals surface area contributed by atoms with Crippen molar-refractivity contribution in [2.45, 2.75) is 40.3 Å². The minimum atomic E-state index is -0.144. The Kier molecular flexibility index (Phi) is 7.18. The van der Waals surface area contributed by atoms with Gasteiger partial charge in [0.2, 0.25) is 0 Å². The number of carbonyl (C=O) groups excluding carboxylic acids is 1. The van der Waals surface area contributed by atoms with Gasteiger partial charge in [0, 0.05) is 31.9 Å². The zero-order chi connectivity index (χ0) is 16.6. The molecule has 5 nitrogen and oxygen atoms in total. The van der Waals surface area contributed by atoms with Crippen LogP contribution in [-0.2, 0) is 11.3 Å². The molecule has 0 spiro atoms. The minimum absolute atomic E-state index is 0.0386. The molecule has 0 aromatic heterocycles. The van der Waals surface area contributed by atoms with Crippen LogP contribution in [0.5, 0.6) is 0 Å². The summed E-state index contributed by atoms with van der Waals surface area (Å²) in [5.41, 5.74) is 2.11. The van der Waals surface area contributed by atoms with Crippen molar-refractivity contribution in [3.63, 3.8) is 0 Å². The topological polar surface area (TPSA) is 62.4 Å². The highest BCUT2D eigenvalue weighted by molar-refractivity contribution is 5.74. The standard InChI is InChI=1S/C17H29N3O2/c1-13(17(2,3)4)20-16(21)19-12-14-8-6-7-9-15(14)18-10-11-22-5/h6-9,13,18H,10-12H2,1-5H3,(H2,19,20,21)/t13-/m1/s1. The summed E-state index contributed by atoms with van der Waals surface area (Å²) in [4.78, 5) is 12.0. The van der Waals surface area contributed by atoms with Crippen molar-refractivity contribution in [2.75, 3.05) is 25.6 Å². The van der Waals surface area contributed by atoms with E-state index in [1.807, 2.05) is 31.2 Å². The Bertz CT molecular complexity index is 469. The summed E-state index contributed by atoms with van der Waals surface area (Å²) in [5.74, 6) is 0. The first-order valence-electron chi connectivity index (χ1n) is 7.69. The van der Waals surface area contributed by atoms with E-state index in [0.29, 0.717) is 13.2 Å². The van der Waals surface area contributed by atoms with E-state index in [2.05, 4.69) is 36.7 Å². The molecule has 1 aromatic rings. The molecule has 5 heteroatoms. The third kappa shape index (κ3) is 6.35. The van der Waals surface area contributed by atoms with Crippen LogP contribution in [0, 0.1) is 5.41 Å². The van der Waals surface area contributed by atoms with Gasteiger partial charge in [0.05, 0.1) is 6.61 Å². The Hall–Kier alpha value is -1.75. The minimum Gasteiger partial charge on any atom is -0.383 e. The molecule has 1 rings (SSSR count). The van der Waals surface area contributed by atoms with Gasteiger partial charge in [0.25, 0.3) is 0 Å². The SMILES string of the molecule is COCCNc1ccccc1CNC(=O)N[C@H](C)C(C)(C)C. The number of methoxy groups -OCH3 is 1. The van der Waals surface area contributed by atoms with Crippen molar-refractivity contribution >= 4 is 11.7 Å². The molecule has 124 valence electrons. The lowest BCUT2D eigenvalue weighted by Gasteiger charge is -2.28. The van der Waals surface area contributed by atoms with Gasteiger partial charge in [-0.3, -0.25) is 0 Å². The van der Waals surface area contributed by atoms with Crippen molar-refractivity contribution in [2.24, 2.45) is 5.41 Å². The highest BCUT2D eigenvalue weighted by Crippen LogP contribution is 2.18. The number of ether oxygens (including phenoxy) is 1. The predicted octanol–water partition coefficient (Wildman–Crippen LogP) is 2.98. The number of carbonyl (C=O) groups is 1. The number of urea groups is 1. The number of hydrogen-bond donors (Lipinski definition) is 3. The molecular formula is C17H29N3O2. The Morgan fingerprint density at radius 2 is 1.95 bits per heavy atom. The Morgan fingerprint density at radius 1 is 1.27 bits per heavy atom. The van der Waals surface area contributed by atoms with Crippen LogP contribution < -0.4 is 16.0 Å². The summed E-state index contributed by atoms with van der Waals surface area (Å²) in [6, 6.07) is 7.90. The van der Waals surface area contributed by atoms with Crippen LogP contribution in [0.1, 0.15) is 33.3 Å². The van der Waals surface area contributed by atoms with Gasteiger partial charge in [-0.15, -0.1) is 0 Å². The molecule has 22 heavy (non-hydrogen) atoms. The van der Waals surface area contributed by atoms with E-state index in [1.165, 1.54) is 0 Å². The fraction of sp³-hybridized carbons (Fsp3) is 0.588. The second kappa shape index (κ2) is 8.63. The van der Waals surface area contributed by atoms with Crippen LogP contribution in [0.15, 0.2) is 24.3 Å². The van der Waals surface area contributed by atoms with E-state index >= 15 is 0 Å². The molecule has 0 heterocycles. The van der Waals surface area contributed by atoms with Crippen molar-refractivity contribution in [1.82, 2.24) is 10.6 Å². The fourth-order valence-electron chi connectivity index (χ4n) is 1.77. The summed E-state index contributed by atoms with van der Waals surface area (Å²) in [6.07, 6.45) is 0. The van der Waals surface area contributed by atoms with Gasteiger partial charge >= 0.3 is 6.03 Å². The summed E-state index contributed by atoms with van der Waals surface area (Å²) in [5, 5.41) is 9.19. The largest absolute Gasteiger partial charge is 0.383 e. The van der Waals surface area contributed by atoms with Crippen LogP contribution in [0.25, 0.3) is 0 Å². The van der Waals surface area contributed by atoms with Crippen molar-refractivity contribution in [3.05, 3.63) is 29.8 Å². The first-order valence-corrected chi connectivity index (χ1v) is 7.69. The molecule has 0 bridgehead atoms. The van der Waals surface area contributed by atoms with Crippen LogP contribution in [0.3, 0.4) is 0 Å². The quantitative estimate of drug-likeness (QED) is 0.679. The molecular weight excluding hydrogens is 278 g/mol. The molecule has 0 unspecified atom stereocenters. The summed E-state index contributed by atoms with van der Waals surface area (Å²) < 4.78 is 5.03. The lowest BCUT2D eigenvalue weighted by atomic mass is 9.88. The Balaban J connectivity index is 2.52. The first kappa shape index (κ1) is 18.3. The predicted molar refractivity (Wildman–Crippen MR) is 91.1 cm³/mol. The highest BCUT2D eigenvalue weighted by Gasteiger charge is 2.21. The maximum absolute atomic E-state index is 12.0. The van der Waals surface area contributed by atoms with Gasteiger partial charge in [0.15, 0.2) is 0 Å². The summed E-state index contributed by atoms with van der Waals surface area (Å²) in [6.45, 7) is 10.2. The van der Waals surface area contributed by atoms with Crippen molar-refractivity contribution < 1.29 is 9.53 Å². The van der Waals surface area contributed by atoms with Crippen LogP contribution in [-0.4, -0.2) is 32.3 Å². The molecule has 0 radical (unpaired) electrons. The normalized spacial score (nSPS) is 12.6. The smallest absolute Gasteiger partial charge is 0.315 e. The van der Waals surface area contributed by atoms with Crippen LogP contribution in [0.4, 0.5) is 10.5 Å². The average molecular weight is 307 g/mol. The molecule has 0 aliphatic heterocycles. The third-order valence-electron chi connectivity index (χ3n) is 3.73. The van der Waals surface area contributed by atoms with Gasteiger partial charge in [-0.1, -0.05) is 39.0 Å². The van der Waals surface area contributed by atoms with Crippen molar-refractivity contribution in [1.29, 1.82) is 0 Å². The van der Waals surface area contributed by atoms with Gasteiger partial charge in [-0.25, -0.2) is 4.79 Å². The van der Waals surface area contributed by atoms with Gasteiger partial charge in [-0.05, 0) is 24.0 Å². The maximum Gasteiger partial charge on any atom is 0.315 e. The lowest BCUT2D eigenvalue weighted by Crippen LogP contribution is -2.46. The monoisotopic (exact) mass is 307 g/mol. The molecule has 0 fully saturated rings. The first-order chi connectivity index (χ1) is 10.3. The van der Waals surface area contributed by atoms with E-state index in [-0.39, 0.29) is 17.5 Å². The fourth-order valence-corrected chi connectivity index (χ4v) is 1.77. The van der Waals surface area contributed by atoms with Gasteiger partial charge in [0.1, 0.15) is 0 Å². The summed E-state index contributed by atoms with van der Waals surface area (Å²) >= 11 is 0. The second-order valence-electron chi connectivity index (χ2n) is 6.49. The zero-order valence-corrected chi connectivity index (χ0v) is 14.3. The Morgan fingerprint density at radius 3 is 2.59 bits per heavy atom. The molecule has 0 aliphatic rings. The molecule has 0 saturated carbocycles. The van der Waals surface area contributed by atoms with E-state index in [0.717, 1.165) is 17.8 Å². The lowest BCUT2D eigenvalue weighted by molar-refractivity contribution is 0.210. The number of benzene rings is 1. The average Bonchev–Trinajstić information content (AvgIpc) is 2.45.